The molecule has 0 aliphatic rings. The molecule has 12 heteroatoms. The van der Waals surface area contributed by atoms with Gasteiger partial charge in [-0.3, -0.25) is 10.1 Å². The van der Waals surface area contributed by atoms with Gasteiger partial charge in [0.05, 0.1) is 20.3 Å². The fourth-order valence-electron chi connectivity index (χ4n) is 2.38. The Kier molecular flexibility index (Phi) is 5.88. The Labute approximate surface area is 181 Å². The quantitative estimate of drug-likeness (QED) is 0.213. The highest BCUT2D eigenvalue weighted by Crippen LogP contribution is 2.37. The number of aryl methyl sites for hydroxylation is 1. The number of esters is 1. The summed E-state index contributed by atoms with van der Waals surface area (Å²) in [6.45, 7) is 1.61. The van der Waals surface area contributed by atoms with Crippen molar-refractivity contribution in [3.05, 3.63) is 68.4 Å². The third-order valence-electron chi connectivity index (χ3n) is 3.72. The standard InChI is InChI=1S/C18H12N4O5S3/c1-10-9-29-18(19-10)30-13-5-4-11(7-12(13)22(24)25)17(23)26-8-15-20-16(21-27-15)14-3-2-6-28-14/h2-7,9H,8H2,1H3. The minimum absolute atomic E-state index is 0.0550. The van der Waals surface area contributed by atoms with Gasteiger partial charge in [-0.1, -0.05) is 23.0 Å². The van der Waals surface area contributed by atoms with E-state index in [1.54, 1.807) is 0 Å². The van der Waals surface area contributed by atoms with E-state index in [9.17, 15) is 14.9 Å². The number of ether oxygens (including phenoxy) is 1. The molecule has 0 N–H and O–H groups in total. The van der Waals surface area contributed by atoms with E-state index in [2.05, 4.69) is 15.1 Å². The van der Waals surface area contributed by atoms with Crippen LogP contribution in [0.4, 0.5) is 5.69 Å². The monoisotopic (exact) mass is 460 g/mol. The first-order valence-electron chi connectivity index (χ1n) is 8.41. The van der Waals surface area contributed by atoms with E-state index < -0.39 is 10.9 Å². The van der Waals surface area contributed by atoms with Gasteiger partial charge in [0, 0.05) is 17.1 Å². The topological polar surface area (TPSA) is 121 Å². The van der Waals surface area contributed by atoms with E-state index in [1.807, 2.05) is 29.8 Å². The Morgan fingerprint density at radius 3 is 2.87 bits per heavy atom. The molecule has 0 unspecified atom stereocenters. The summed E-state index contributed by atoms with van der Waals surface area (Å²) < 4.78 is 10.9. The van der Waals surface area contributed by atoms with Crippen molar-refractivity contribution in [2.24, 2.45) is 0 Å². The molecule has 0 aliphatic carbocycles. The smallest absolute Gasteiger partial charge is 0.338 e. The van der Waals surface area contributed by atoms with Gasteiger partial charge in [-0.25, -0.2) is 9.78 Å². The van der Waals surface area contributed by atoms with Gasteiger partial charge in [0.1, 0.15) is 0 Å². The van der Waals surface area contributed by atoms with Crippen LogP contribution in [0, 0.1) is 17.0 Å². The van der Waals surface area contributed by atoms with Crippen LogP contribution in [-0.4, -0.2) is 26.0 Å². The Bertz CT molecular complexity index is 1200. The number of nitro groups is 1. The number of carbonyl (C=O) groups excluding carboxylic acids is 1. The molecule has 3 aromatic heterocycles. The molecule has 0 aliphatic heterocycles. The molecule has 0 saturated carbocycles. The summed E-state index contributed by atoms with van der Waals surface area (Å²) in [4.78, 5) is 33.0. The Hall–Kier alpha value is -3.09. The number of hydrogen-bond donors (Lipinski definition) is 0. The van der Waals surface area contributed by atoms with Crippen molar-refractivity contribution in [3.8, 4) is 10.7 Å². The highest BCUT2D eigenvalue weighted by molar-refractivity contribution is 8.01. The van der Waals surface area contributed by atoms with Gasteiger partial charge in [-0.05, 0) is 30.5 Å². The Balaban J connectivity index is 1.46. The number of benzene rings is 1. The molecule has 0 amide bonds. The van der Waals surface area contributed by atoms with Gasteiger partial charge in [0.2, 0.25) is 5.82 Å². The Morgan fingerprint density at radius 1 is 1.30 bits per heavy atom. The van der Waals surface area contributed by atoms with Crippen LogP contribution in [0.5, 0.6) is 0 Å². The number of thiazole rings is 1. The van der Waals surface area contributed by atoms with Gasteiger partial charge < -0.3 is 9.26 Å². The van der Waals surface area contributed by atoms with Crippen molar-refractivity contribution in [1.29, 1.82) is 0 Å². The molecule has 4 aromatic rings. The van der Waals surface area contributed by atoms with Gasteiger partial charge in [0.25, 0.3) is 11.6 Å². The third kappa shape index (κ3) is 4.56. The van der Waals surface area contributed by atoms with Gasteiger partial charge in [-0.15, -0.1) is 22.7 Å². The van der Waals surface area contributed by atoms with Crippen LogP contribution >= 0.6 is 34.4 Å². The molecule has 0 saturated heterocycles. The van der Waals surface area contributed by atoms with Crippen LogP contribution < -0.4 is 0 Å². The maximum absolute atomic E-state index is 12.4. The summed E-state index contributed by atoms with van der Waals surface area (Å²) >= 11 is 4.03. The van der Waals surface area contributed by atoms with Crippen LogP contribution in [-0.2, 0) is 11.3 Å². The highest BCUT2D eigenvalue weighted by Gasteiger charge is 2.21. The van der Waals surface area contributed by atoms with Crippen LogP contribution in [0.25, 0.3) is 10.7 Å². The van der Waals surface area contributed by atoms with Gasteiger partial charge in [-0.2, -0.15) is 4.98 Å². The lowest BCUT2D eigenvalue weighted by atomic mass is 10.2. The summed E-state index contributed by atoms with van der Waals surface area (Å²) in [6, 6.07) is 7.88. The van der Waals surface area contributed by atoms with Crippen LogP contribution in [0.1, 0.15) is 21.9 Å². The number of thiophene rings is 1. The van der Waals surface area contributed by atoms with Gasteiger partial charge >= 0.3 is 5.97 Å². The fraction of sp³-hybridized carbons (Fsp3) is 0.111. The minimum atomic E-state index is -0.726. The fourth-order valence-corrected chi connectivity index (χ4v) is 4.90. The average Bonchev–Trinajstić information content (AvgIpc) is 3.48. The van der Waals surface area contributed by atoms with Crippen LogP contribution in [0.3, 0.4) is 0 Å². The summed E-state index contributed by atoms with van der Waals surface area (Å²) in [6.07, 6.45) is 0. The number of aromatic nitrogens is 3. The third-order valence-corrected chi connectivity index (χ3v) is 6.71. The lowest BCUT2D eigenvalue weighted by molar-refractivity contribution is -0.387. The summed E-state index contributed by atoms with van der Waals surface area (Å²) in [7, 11) is 0. The Morgan fingerprint density at radius 2 is 2.17 bits per heavy atom. The molecule has 3 heterocycles. The predicted molar refractivity (Wildman–Crippen MR) is 111 cm³/mol. The van der Waals surface area contributed by atoms with E-state index in [-0.39, 0.29) is 23.7 Å². The normalized spacial score (nSPS) is 10.8. The molecule has 0 spiro atoms. The van der Waals surface area contributed by atoms with E-state index in [1.165, 1.54) is 52.6 Å². The zero-order valence-corrected chi connectivity index (χ0v) is 17.8. The molecule has 9 nitrogen and oxygen atoms in total. The van der Waals surface area contributed by atoms with Crippen molar-refractivity contribution in [2.75, 3.05) is 0 Å². The molecule has 0 atom stereocenters. The second-order valence-corrected chi connectivity index (χ2v) is 8.96. The average molecular weight is 461 g/mol. The number of nitrogens with zero attached hydrogens (tertiary/aromatic N) is 4. The van der Waals surface area contributed by atoms with Crippen molar-refractivity contribution >= 4 is 46.1 Å². The zero-order valence-electron chi connectivity index (χ0n) is 15.3. The van der Waals surface area contributed by atoms with E-state index in [0.717, 1.165) is 10.6 Å². The molecule has 30 heavy (non-hydrogen) atoms. The second-order valence-electron chi connectivity index (χ2n) is 5.86. The predicted octanol–water partition coefficient (Wildman–Crippen LogP) is 4.98. The SMILES string of the molecule is Cc1csc(Sc2ccc(C(=O)OCc3nc(-c4cccs4)no3)cc2[N+](=O)[O-])n1. The van der Waals surface area contributed by atoms with E-state index >= 15 is 0 Å². The first-order valence-corrected chi connectivity index (χ1v) is 11.0. The largest absolute Gasteiger partial charge is 0.452 e. The lowest BCUT2D eigenvalue weighted by Gasteiger charge is -2.05. The molecule has 4 rings (SSSR count). The van der Waals surface area contributed by atoms with Crippen molar-refractivity contribution < 1.29 is 19.0 Å². The van der Waals surface area contributed by atoms with E-state index in [0.29, 0.717) is 15.1 Å². The maximum atomic E-state index is 12.4. The van der Waals surface area contributed by atoms with Crippen LogP contribution in [0.15, 0.2) is 54.9 Å². The molecular weight excluding hydrogens is 448 g/mol. The van der Waals surface area contributed by atoms with Gasteiger partial charge in [0.15, 0.2) is 10.9 Å². The summed E-state index contributed by atoms with van der Waals surface area (Å²) in [5.74, 6) is -0.186. The number of nitro benzene ring substituents is 1. The molecule has 0 fully saturated rings. The van der Waals surface area contributed by atoms with Crippen LogP contribution in [0.2, 0.25) is 0 Å². The minimum Gasteiger partial charge on any atom is -0.452 e. The number of hydrogen-bond acceptors (Lipinski definition) is 11. The number of rotatable bonds is 7. The molecule has 0 bridgehead atoms. The molecule has 0 radical (unpaired) electrons. The first-order chi connectivity index (χ1) is 14.5. The second kappa shape index (κ2) is 8.73. The molecule has 152 valence electrons. The van der Waals surface area contributed by atoms with Crippen molar-refractivity contribution in [1.82, 2.24) is 15.1 Å². The summed E-state index contributed by atoms with van der Waals surface area (Å²) in [5.41, 5.74) is 0.702. The molecular formula is C18H12N4O5S3. The molecule has 1 aromatic carbocycles. The maximum Gasteiger partial charge on any atom is 0.338 e. The highest BCUT2D eigenvalue weighted by atomic mass is 32.2. The van der Waals surface area contributed by atoms with Crippen molar-refractivity contribution in [2.45, 2.75) is 22.8 Å². The number of carbonyl (C=O) groups is 1. The summed E-state index contributed by atoms with van der Waals surface area (Å²) in [5, 5.41) is 19.1. The van der Waals surface area contributed by atoms with Crippen molar-refractivity contribution in [3.63, 3.8) is 0 Å². The first kappa shape index (κ1) is 20.2. The lowest BCUT2D eigenvalue weighted by Crippen LogP contribution is -2.06. The van der Waals surface area contributed by atoms with E-state index in [4.69, 9.17) is 9.26 Å². The zero-order chi connectivity index (χ0) is 21.1.